The fraction of sp³-hybridized carbons (Fsp3) is 0.385. The van der Waals surface area contributed by atoms with E-state index in [4.69, 9.17) is 0 Å². The molecule has 4 aromatic rings. The second-order valence-electron chi connectivity index (χ2n) is 9.79. The van der Waals surface area contributed by atoms with Gasteiger partial charge in [0, 0.05) is 25.0 Å². The molecule has 0 amide bonds. The fourth-order valence-corrected chi connectivity index (χ4v) is 5.42. The number of fused-ring (bicyclic) bond motifs is 1. The first-order chi connectivity index (χ1) is 19.0. The highest BCUT2D eigenvalue weighted by Crippen LogP contribution is 2.34. The van der Waals surface area contributed by atoms with Gasteiger partial charge in [0.1, 0.15) is 11.4 Å². The zero-order valence-electron chi connectivity index (χ0n) is 21.3. The minimum absolute atomic E-state index is 0.0509. The van der Waals surface area contributed by atoms with Crippen LogP contribution in [0.5, 0.6) is 0 Å². The Kier molecular flexibility index (Phi) is 7.88. The Bertz CT molecular complexity index is 1670. The van der Waals surface area contributed by atoms with Crippen molar-refractivity contribution < 1.29 is 17.6 Å². The molecule has 1 aliphatic carbocycles. The predicted molar refractivity (Wildman–Crippen MR) is 149 cm³/mol. The fourth-order valence-electron chi connectivity index (χ4n) is 5.06. The van der Waals surface area contributed by atoms with E-state index in [1.165, 1.54) is 39.8 Å². The Morgan fingerprint density at radius 2 is 1.82 bits per heavy atom. The normalized spacial score (nSPS) is 17.8. The molecule has 2 atom stereocenters. The molecule has 1 aromatic carbocycles. The number of hydrogen-bond donors (Lipinski definition) is 1. The number of benzene rings is 1. The van der Waals surface area contributed by atoms with Crippen LogP contribution in [0.2, 0.25) is 0 Å². The standard InChI is InChI=1S/C26H24F4IN7O2/c1-2-14-9-32-23(33-10-14)17-8-20-18(7-19(17)27)24(39)37(13-34-20)12-15-4-3-5-16(6-15)36-21-11-35-38(31)25(40)22(21)26(28,29)30/h7-11,13,15-16,36H,2-6,12H2,1H3/t15-,16+/m1/s1. The van der Waals surface area contributed by atoms with Crippen molar-refractivity contribution in [3.63, 3.8) is 0 Å². The molecule has 0 radical (unpaired) electrons. The van der Waals surface area contributed by atoms with Gasteiger partial charge in [-0.1, -0.05) is 13.3 Å². The summed E-state index contributed by atoms with van der Waals surface area (Å²) in [5, 5.41) is 6.69. The summed E-state index contributed by atoms with van der Waals surface area (Å²) in [6.07, 6.45) is 4.09. The van der Waals surface area contributed by atoms with E-state index in [2.05, 4.69) is 25.4 Å². The maximum absolute atomic E-state index is 15.0. The molecule has 1 N–H and O–H groups in total. The molecule has 9 nitrogen and oxygen atoms in total. The van der Waals surface area contributed by atoms with Gasteiger partial charge in [0.2, 0.25) is 0 Å². The monoisotopic (exact) mass is 669 g/mol. The van der Waals surface area contributed by atoms with Crippen molar-refractivity contribution in [2.24, 2.45) is 5.92 Å². The first kappa shape index (κ1) is 28.1. The first-order valence-corrected chi connectivity index (χ1v) is 13.6. The van der Waals surface area contributed by atoms with Crippen molar-refractivity contribution in [3.05, 3.63) is 74.7 Å². The van der Waals surface area contributed by atoms with Crippen LogP contribution in [-0.4, -0.2) is 33.6 Å². The van der Waals surface area contributed by atoms with Crippen LogP contribution in [0.25, 0.3) is 22.3 Å². The lowest BCUT2D eigenvalue weighted by atomic mass is 9.85. The zero-order valence-corrected chi connectivity index (χ0v) is 23.4. The number of alkyl halides is 3. The minimum atomic E-state index is -4.84. The van der Waals surface area contributed by atoms with E-state index in [-0.39, 0.29) is 41.0 Å². The number of nitrogens with zero attached hydrogens (tertiary/aromatic N) is 6. The van der Waals surface area contributed by atoms with Crippen LogP contribution < -0.4 is 16.4 Å². The van der Waals surface area contributed by atoms with Gasteiger partial charge >= 0.3 is 6.18 Å². The van der Waals surface area contributed by atoms with Crippen molar-refractivity contribution in [1.29, 1.82) is 0 Å². The van der Waals surface area contributed by atoms with E-state index in [9.17, 15) is 22.8 Å². The average Bonchev–Trinajstić information content (AvgIpc) is 2.92. The summed E-state index contributed by atoms with van der Waals surface area (Å²) in [6, 6.07) is 2.24. The Balaban J connectivity index is 1.36. The Morgan fingerprint density at radius 3 is 2.52 bits per heavy atom. The van der Waals surface area contributed by atoms with Crippen LogP contribution in [0, 0.1) is 11.7 Å². The van der Waals surface area contributed by atoms with Gasteiger partial charge < -0.3 is 5.32 Å². The summed E-state index contributed by atoms with van der Waals surface area (Å²) >= 11 is 1.41. The molecule has 14 heteroatoms. The van der Waals surface area contributed by atoms with Gasteiger partial charge in [0.25, 0.3) is 11.1 Å². The maximum atomic E-state index is 15.0. The smallest absolute Gasteiger partial charge is 0.380 e. The lowest BCUT2D eigenvalue weighted by molar-refractivity contribution is -0.138. The van der Waals surface area contributed by atoms with E-state index < -0.39 is 28.7 Å². The molecule has 3 heterocycles. The molecule has 5 rings (SSSR count). The molecular weight excluding hydrogens is 645 g/mol. The molecular formula is C26H24F4IN7O2. The number of rotatable bonds is 6. The maximum Gasteiger partial charge on any atom is 0.423 e. The second kappa shape index (κ2) is 11.2. The molecule has 210 valence electrons. The van der Waals surface area contributed by atoms with Crippen LogP contribution in [0.1, 0.15) is 43.7 Å². The van der Waals surface area contributed by atoms with Crippen LogP contribution >= 0.6 is 22.9 Å². The number of halogens is 5. The van der Waals surface area contributed by atoms with Gasteiger partial charge in [-0.2, -0.15) is 21.2 Å². The van der Waals surface area contributed by atoms with Crippen LogP contribution in [-0.2, 0) is 19.1 Å². The highest BCUT2D eigenvalue weighted by Gasteiger charge is 2.39. The molecule has 0 saturated heterocycles. The Hall–Kier alpha value is -3.43. The van der Waals surface area contributed by atoms with Crippen LogP contribution in [0.3, 0.4) is 0 Å². The summed E-state index contributed by atoms with van der Waals surface area (Å²) < 4.78 is 57.8. The number of anilines is 1. The summed E-state index contributed by atoms with van der Waals surface area (Å²) in [6.45, 7) is 2.23. The Labute approximate surface area is 239 Å². The molecule has 1 saturated carbocycles. The van der Waals surface area contributed by atoms with Crippen molar-refractivity contribution in [1.82, 2.24) is 27.5 Å². The first-order valence-electron chi connectivity index (χ1n) is 12.7. The number of hydrogen-bond acceptors (Lipinski definition) is 7. The number of nitrogens with one attached hydrogen (secondary N) is 1. The molecule has 40 heavy (non-hydrogen) atoms. The summed E-state index contributed by atoms with van der Waals surface area (Å²) in [7, 11) is 0. The van der Waals surface area contributed by atoms with Gasteiger partial charge in [-0.3, -0.25) is 14.2 Å². The van der Waals surface area contributed by atoms with Crippen molar-refractivity contribution >= 4 is 39.5 Å². The summed E-state index contributed by atoms with van der Waals surface area (Å²) in [5.41, 5.74) is -1.94. The molecule has 0 bridgehead atoms. The SMILES string of the molecule is CCc1cnc(-c2cc3ncn(C[C@@H]4CCC[C@H](Nc5cnn(I)c(=O)c5C(F)(F)F)C4)c(=O)c3cc2F)nc1. The summed E-state index contributed by atoms with van der Waals surface area (Å²) in [4.78, 5) is 38.2. The topological polar surface area (TPSA) is 108 Å². The second-order valence-corrected chi connectivity index (χ2v) is 10.7. The lowest BCUT2D eigenvalue weighted by Gasteiger charge is -2.31. The molecule has 0 aliphatic heterocycles. The number of aryl methyl sites for hydroxylation is 1. The lowest BCUT2D eigenvalue weighted by Crippen LogP contribution is -2.34. The van der Waals surface area contributed by atoms with Crippen LogP contribution in [0.15, 0.2) is 46.6 Å². The van der Waals surface area contributed by atoms with E-state index >= 15 is 4.39 Å². The van der Waals surface area contributed by atoms with Gasteiger partial charge in [-0.15, -0.1) is 0 Å². The Morgan fingerprint density at radius 1 is 1.07 bits per heavy atom. The largest absolute Gasteiger partial charge is 0.423 e. The molecule has 1 fully saturated rings. The third kappa shape index (κ3) is 5.71. The third-order valence-electron chi connectivity index (χ3n) is 7.09. The van der Waals surface area contributed by atoms with Gasteiger partial charge in [-0.05, 0) is 49.3 Å². The molecule has 0 spiro atoms. The summed E-state index contributed by atoms with van der Waals surface area (Å²) in [5.74, 6) is -0.495. The minimum Gasteiger partial charge on any atom is -0.380 e. The van der Waals surface area contributed by atoms with Crippen molar-refractivity contribution in [2.75, 3.05) is 5.32 Å². The van der Waals surface area contributed by atoms with Gasteiger partial charge in [0.05, 0.1) is 57.5 Å². The zero-order chi connectivity index (χ0) is 28.6. The van der Waals surface area contributed by atoms with E-state index in [0.29, 0.717) is 27.7 Å². The molecule has 1 aliphatic rings. The van der Waals surface area contributed by atoms with Gasteiger partial charge in [0.15, 0.2) is 5.82 Å². The van der Waals surface area contributed by atoms with Crippen LogP contribution in [0.4, 0.5) is 23.2 Å². The van der Waals surface area contributed by atoms with E-state index in [1.54, 1.807) is 12.4 Å². The van der Waals surface area contributed by atoms with Gasteiger partial charge in [-0.25, -0.2) is 19.3 Å². The predicted octanol–water partition coefficient (Wildman–Crippen LogP) is 5.00. The number of aromatic nitrogens is 6. The highest BCUT2D eigenvalue weighted by molar-refractivity contribution is 14.1. The van der Waals surface area contributed by atoms with Crippen molar-refractivity contribution in [3.8, 4) is 11.4 Å². The van der Waals surface area contributed by atoms with Crippen molar-refractivity contribution in [2.45, 2.75) is 57.8 Å². The van der Waals surface area contributed by atoms with E-state index in [0.717, 1.165) is 30.7 Å². The van der Waals surface area contributed by atoms with E-state index in [1.807, 2.05) is 6.92 Å². The highest BCUT2D eigenvalue weighted by atomic mass is 127. The average molecular weight is 669 g/mol. The third-order valence-corrected chi connectivity index (χ3v) is 7.77. The quantitative estimate of drug-likeness (QED) is 0.228. The molecule has 0 unspecified atom stereocenters. The molecule has 3 aromatic heterocycles.